The first-order chi connectivity index (χ1) is 11.9. The maximum Gasteiger partial charge on any atom is 0.0843 e. The number of ether oxygens (including phenoxy) is 2. The fourth-order valence-corrected chi connectivity index (χ4v) is 5.37. The third-order valence-electron chi connectivity index (χ3n) is 7.06. The Morgan fingerprint density at radius 3 is 1.72 bits per heavy atom. The lowest BCUT2D eigenvalue weighted by molar-refractivity contribution is -0.183. The molecule has 3 saturated carbocycles. The molecule has 3 fully saturated rings. The molecule has 0 radical (unpaired) electrons. The Balaban J connectivity index is 1.59. The zero-order valence-electron chi connectivity index (χ0n) is 16.8. The van der Waals surface area contributed by atoms with Crippen molar-refractivity contribution in [2.24, 2.45) is 23.7 Å². The van der Waals surface area contributed by atoms with Crippen LogP contribution in [0, 0.1) is 23.7 Å². The molecule has 3 aliphatic carbocycles. The van der Waals surface area contributed by atoms with Gasteiger partial charge in [-0.05, 0) is 81.5 Å². The third-order valence-corrected chi connectivity index (χ3v) is 7.06. The van der Waals surface area contributed by atoms with E-state index < -0.39 is 0 Å². The average molecular weight is 353 g/mol. The topological polar surface area (TPSA) is 38.7 Å². The van der Waals surface area contributed by atoms with Gasteiger partial charge in [-0.25, -0.2) is 0 Å². The molecule has 0 amide bonds. The van der Waals surface area contributed by atoms with Gasteiger partial charge in [-0.15, -0.1) is 0 Å². The van der Waals surface area contributed by atoms with E-state index in [9.17, 15) is 5.11 Å². The second kappa shape index (κ2) is 8.71. The van der Waals surface area contributed by atoms with E-state index in [-0.39, 0.29) is 24.4 Å². The van der Waals surface area contributed by atoms with Gasteiger partial charge in [0, 0.05) is 0 Å². The summed E-state index contributed by atoms with van der Waals surface area (Å²) in [6, 6.07) is 0. The molecule has 9 atom stereocenters. The first-order valence-electron chi connectivity index (χ1n) is 10.9. The average Bonchev–Trinajstić information content (AvgIpc) is 2.55. The molecule has 0 aromatic rings. The SMILES string of the molecule is CC1CCC(OC2CC(C)CCC2OC2CCC(C)CC2O)C(C)C1. The number of hydrogen-bond donors (Lipinski definition) is 1. The van der Waals surface area contributed by atoms with E-state index in [4.69, 9.17) is 9.47 Å². The molecule has 0 aromatic carbocycles. The lowest BCUT2D eigenvalue weighted by Gasteiger charge is -2.43. The molecule has 3 nitrogen and oxygen atoms in total. The maximum atomic E-state index is 10.4. The van der Waals surface area contributed by atoms with E-state index >= 15 is 0 Å². The van der Waals surface area contributed by atoms with Gasteiger partial charge in [-0.3, -0.25) is 0 Å². The van der Waals surface area contributed by atoms with Crippen LogP contribution in [0.1, 0.15) is 85.5 Å². The molecular weight excluding hydrogens is 312 g/mol. The monoisotopic (exact) mass is 352 g/mol. The lowest BCUT2D eigenvalue weighted by atomic mass is 9.80. The van der Waals surface area contributed by atoms with Gasteiger partial charge in [-0.1, -0.05) is 27.7 Å². The van der Waals surface area contributed by atoms with Gasteiger partial charge in [0.05, 0.1) is 30.5 Å². The minimum atomic E-state index is -0.293. The third kappa shape index (κ3) is 5.20. The van der Waals surface area contributed by atoms with Crippen molar-refractivity contribution in [2.45, 2.75) is 116 Å². The van der Waals surface area contributed by atoms with Crippen LogP contribution in [0.3, 0.4) is 0 Å². The quantitative estimate of drug-likeness (QED) is 0.778. The first kappa shape index (κ1) is 19.6. The van der Waals surface area contributed by atoms with E-state index in [0.29, 0.717) is 17.9 Å². The normalized spacial score (nSPS) is 49.1. The summed E-state index contributed by atoms with van der Waals surface area (Å²) in [6.45, 7) is 9.30. The summed E-state index contributed by atoms with van der Waals surface area (Å²) in [6.07, 6.45) is 10.8. The van der Waals surface area contributed by atoms with E-state index in [2.05, 4.69) is 27.7 Å². The highest BCUT2D eigenvalue weighted by Crippen LogP contribution is 2.37. The molecule has 3 heteroatoms. The van der Waals surface area contributed by atoms with Crippen molar-refractivity contribution >= 4 is 0 Å². The van der Waals surface area contributed by atoms with Gasteiger partial charge in [0.2, 0.25) is 0 Å². The van der Waals surface area contributed by atoms with Crippen molar-refractivity contribution in [3.05, 3.63) is 0 Å². The summed E-state index contributed by atoms with van der Waals surface area (Å²) in [7, 11) is 0. The highest BCUT2D eigenvalue weighted by atomic mass is 16.6. The van der Waals surface area contributed by atoms with Gasteiger partial charge in [0.1, 0.15) is 0 Å². The predicted molar refractivity (Wildman–Crippen MR) is 102 cm³/mol. The van der Waals surface area contributed by atoms with Gasteiger partial charge in [-0.2, -0.15) is 0 Å². The zero-order valence-corrected chi connectivity index (χ0v) is 16.8. The molecule has 0 heterocycles. The van der Waals surface area contributed by atoms with Crippen molar-refractivity contribution < 1.29 is 14.6 Å². The maximum absolute atomic E-state index is 10.4. The summed E-state index contributed by atoms with van der Waals surface area (Å²) in [5.74, 6) is 2.84. The molecule has 3 aliphatic rings. The largest absolute Gasteiger partial charge is 0.390 e. The molecule has 146 valence electrons. The Kier molecular flexibility index (Phi) is 6.84. The number of hydrogen-bond acceptors (Lipinski definition) is 3. The van der Waals surface area contributed by atoms with E-state index in [1.165, 1.54) is 32.1 Å². The zero-order chi connectivity index (χ0) is 18.0. The molecule has 9 unspecified atom stereocenters. The molecule has 3 rings (SSSR count). The van der Waals surface area contributed by atoms with E-state index in [0.717, 1.165) is 37.5 Å². The van der Waals surface area contributed by atoms with Crippen molar-refractivity contribution in [3.8, 4) is 0 Å². The summed E-state index contributed by atoms with van der Waals surface area (Å²) >= 11 is 0. The Bertz CT molecular complexity index is 412. The van der Waals surface area contributed by atoms with Crippen LogP contribution >= 0.6 is 0 Å². The van der Waals surface area contributed by atoms with Gasteiger partial charge >= 0.3 is 0 Å². The molecule has 0 saturated heterocycles. The van der Waals surface area contributed by atoms with Crippen LogP contribution in [0.25, 0.3) is 0 Å². The minimum Gasteiger partial charge on any atom is -0.390 e. The Labute approximate surface area is 154 Å². The van der Waals surface area contributed by atoms with Gasteiger partial charge < -0.3 is 14.6 Å². The fourth-order valence-electron chi connectivity index (χ4n) is 5.37. The Morgan fingerprint density at radius 2 is 1.08 bits per heavy atom. The lowest BCUT2D eigenvalue weighted by Crippen LogP contribution is -2.46. The van der Waals surface area contributed by atoms with Gasteiger partial charge in [0.15, 0.2) is 0 Å². The highest BCUT2D eigenvalue weighted by molar-refractivity contribution is 4.87. The summed E-state index contributed by atoms with van der Waals surface area (Å²) < 4.78 is 13.1. The van der Waals surface area contributed by atoms with Crippen LogP contribution in [0.4, 0.5) is 0 Å². The highest BCUT2D eigenvalue weighted by Gasteiger charge is 2.38. The van der Waals surface area contributed by atoms with Crippen LogP contribution in [0.5, 0.6) is 0 Å². The number of aliphatic hydroxyl groups is 1. The van der Waals surface area contributed by atoms with Crippen molar-refractivity contribution in [2.75, 3.05) is 0 Å². The standard InChI is InChI=1S/C22H40O3/c1-14-5-8-19(17(4)11-14)24-22-13-16(3)7-10-21(22)25-20-9-6-15(2)12-18(20)23/h14-23H,5-13H2,1-4H3. The van der Waals surface area contributed by atoms with Crippen molar-refractivity contribution in [1.82, 2.24) is 0 Å². The molecular formula is C22H40O3. The second-order valence-electron chi connectivity index (χ2n) is 9.73. The molecule has 25 heavy (non-hydrogen) atoms. The first-order valence-corrected chi connectivity index (χ1v) is 10.9. The van der Waals surface area contributed by atoms with E-state index in [1.807, 2.05) is 0 Å². The molecule has 1 N–H and O–H groups in total. The molecule has 0 aliphatic heterocycles. The second-order valence-corrected chi connectivity index (χ2v) is 9.73. The number of aliphatic hydroxyl groups excluding tert-OH is 1. The predicted octanol–water partition coefficient (Wildman–Crippen LogP) is 4.95. The molecule has 0 bridgehead atoms. The van der Waals surface area contributed by atoms with Crippen molar-refractivity contribution in [3.63, 3.8) is 0 Å². The summed E-state index contributed by atoms with van der Waals surface area (Å²) in [5.41, 5.74) is 0. The van der Waals surface area contributed by atoms with Crippen molar-refractivity contribution in [1.29, 1.82) is 0 Å². The molecule has 0 aromatic heterocycles. The Hall–Kier alpha value is -0.120. The summed E-state index contributed by atoms with van der Waals surface area (Å²) in [4.78, 5) is 0. The van der Waals surface area contributed by atoms with Crippen LogP contribution < -0.4 is 0 Å². The number of rotatable bonds is 4. The smallest absolute Gasteiger partial charge is 0.0843 e. The Morgan fingerprint density at radius 1 is 0.560 bits per heavy atom. The van der Waals surface area contributed by atoms with Crippen LogP contribution in [-0.4, -0.2) is 35.6 Å². The fraction of sp³-hybridized carbons (Fsp3) is 1.00. The van der Waals surface area contributed by atoms with E-state index in [1.54, 1.807) is 0 Å². The molecule has 0 spiro atoms. The van der Waals surface area contributed by atoms with Crippen LogP contribution in [-0.2, 0) is 9.47 Å². The van der Waals surface area contributed by atoms with Crippen LogP contribution in [0.15, 0.2) is 0 Å². The summed E-state index contributed by atoms with van der Waals surface area (Å²) in [5, 5.41) is 10.4. The van der Waals surface area contributed by atoms with Crippen LogP contribution in [0.2, 0.25) is 0 Å². The minimum absolute atomic E-state index is 0.0181. The van der Waals surface area contributed by atoms with Gasteiger partial charge in [0.25, 0.3) is 0 Å².